The number of ether oxygens (including phenoxy) is 2. The summed E-state index contributed by atoms with van der Waals surface area (Å²) in [7, 11) is 0. The van der Waals surface area contributed by atoms with Crippen molar-refractivity contribution in [2.24, 2.45) is 0 Å². The average Bonchev–Trinajstić information content (AvgIpc) is 3.02. The van der Waals surface area contributed by atoms with Crippen LogP contribution in [0.4, 0.5) is 0 Å². The topological polar surface area (TPSA) is 55.8 Å². The van der Waals surface area contributed by atoms with E-state index in [4.69, 9.17) is 55.9 Å². The lowest BCUT2D eigenvalue weighted by Gasteiger charge is -2.34. The lowest BCUT2D eigenvalue weighted by atomic mass is 9.84. The van der Waals surface area contributed by atoms with E-state index in [-0.39, 0.29) is 0 Å². The first-order valence-corrected chi connectivity index (χ1v) is 14.6. The average molecular weight is 650 g/mol. The fourth-order valence-corrected chi connectivity index (χ4v) is 5.53. The number of carboxylic acids is 1. The van der Waals surface area contributed by atoms with Crippen LogP contribution in [0.3, 0.4) is 0 Å². The minimum atomic E-state index is -1.68. The van der Waals surface area contributed by atoms with Crippen LogP contribution in [0.15, 0.2) is 128 Å². The molecule has 0 aliphatic carbocycles. The molecule has 5 aromatic carbocycles. The SMILES string of the molecule is C=CC(OC(Oc1ccccc1)C(=O)O)(c1ccc(-c2cc(Cl)ccc2Cl)cc1)c1ccc(-c2cc(Cl)ccc2Cl)cc1. The van der Waals surface area contributed by atoms with Gasteiger partial charge in [0, 0.05) is 31.2 Å². The summed E-state index contributed by atoms with van der Waals surface area (Å²) in [5.41, 5.74) is 2.92. The smallest absolute Gasteiger partial charge is 0.373 e. The minimum Gasteiger partial charge on any atom is -0.477 e. The molecular weight excluding hydrogens is 626 g/mol. The van der Waals surface area contributed by atoms with Gasteiger partial charge < -0.3 is 14.6 Å². The second-order valence-electron chi connectivity index (χ2n) is 9.56. The molecular formula is C35H24Cl4O4. The van der Waals surface area contributed by atoms with Crippen molar-refractivity contribution in [3.05, 3.63) is 159 Å². The number of halogens is 4. The van der Waals surface area contributed by atoms with Gasteiger partial charge in [-0.2, -0.15) is 0 Å². The molecule has 216 valence electrons. The van der Waals surface area contributed by atoms with Crippen molar-refractivity contribution in [1.29, 1.82) is 0 Å². The molecule has 5 rings (SSSR count). The van der Waals surface area contributed by atoms with Crippen molar-refractivity contribution in [2.75, 3.05) is 0 Å². The van der Waals surface area contributed by atoms with E-state index >= 15 is 0 Å². The highest BCUT2D eigenvalue weighted by Gasteiger charge is 2.39. The molecule has 0 heterocycles. The Morgan fingerprint density at radius 2 is 1.16 bits per heavy atom. The van der Waals surface area contributed by atoms with E-state index in [0.29, 0.717) is 37.0 Å². The Balaban J connectivity index is 1.60. The van der Waals surface area contributed by atoms with Gasteiger partial charge in [0.2, 0.25) is 0 Å². The molecule has 0 spiro atoms. The number of carboxylic acid groups (broad SMARTS) is 1. The Hall–Kier alpha value is -3.77. The highest BCUT2D eigenvalue weighted by Crippen LogP contribution is 2.40. The van der Waals surface area contributed by atoms with Crippen molar-refractivity contribution in [1.82, 2.24) is 0 Å². The van der Waals surface area contributed by atoms with Crippen molar-refractivity contribution in [2.45, 2.75) is 11.9 Å². The van der Waals surface area contributed by atoms with Crippen LogP contribution in [0.2, 0.25) is 20.1 Å². The number of rotatable bonds is 10. The number of para-hydroxylation sites is 1. The molecule has 1 atom stereocenters. The first-order chi connectivity index (χ1) is 20.7. The Kier molecular flexibility index (Phi) is 9.46. The summed E-state index contributed by atoms with van der Waals surface area (Å²) < 4.78 is 12.2. The van der Waals surface area contributed by atoms with Gasteiger partial charge in [0.25, 0.3) is 0 Å². The van der Waals surface area contributed by atoms with Gasteiger partial charge in [-0.05, 0) is 70.8 Å². The van der Waals surface area contributed by atoms with E-state index in [1.165, 1.54) is 0 Å². The molecule has 4 nitrogen and oxygen atoms in total. The molecule has 0 aliphatic rings. The maximum atomic E-state index is 12.4. The standard InChI is InChI=1S/C35H24Cl4O4/c1-2-35(43-34(33(40)41)42-28-6-4-3-5-7-28,24-12-8-22(9-13-24)29-20-26(36)16-18-31(29)38)25-14-10-23(11-15-25)30-21-27(37)17-19-32(30)39/h2-21,34H,1H2,(H,40,41). The fraction of sp³-hybridized carbons (Fsp3) is 0.0571. The lowest BCUT2D eigenvalue weighted by Crippen LogP contribution is -2.40. The van der Waals surface area contributed by atoms with Crippen LogP contribution in [0.1, 0.15) is 11.1 Å². The Morgan fingerprint density at radius 1 is 0.698 bits per heavy atom. The van der Waals surface area contributed by atoms with Crippen molar-refractivity contribution in [3.8, 4) is 28.0 Å². The van der Waals surface area contributed by atoms with Crippen LogP contribution < -0.4 is 4.74 Å². The van der Waals surface area contributed by atoms with E-state index in [9.17, 15) is 9.90 Å². The van der Waals surface area contributed by atoms with Gasteiger partial charge >= 0.3 is 12.3 Å². The second-order valence-corrected chi connectivity index (χ2v) is 11.2. The molecule has 0 fully saturated rings. The first kappa shape index (κ1) is 30.7. The second kappa shape index (κ2) is 13.3. The lowest BCUT2D eigenvalue weighted by molar-refractivity contribution is -0.187. The Labute approximate surface area is 269 Å². The van der Waals surface area contributed by atoms with Crippen LogP contribution >= 0.6 is 46.4 Å². The molecule has 0 amide bonds. The van der Waals surface area contributed by atoms with Gasteiger partial charge in [0.05, 0.1) is 0 Å². The summed E-state index contributed by atoms with van der Waals surface area (Å²) in [5.74, 6) is -0.968. The van der Waals surface area contributed by atoms with E-state index < -0.39 is 17.9 Å². The highest BCUT2D eigenvalue weighted by atomic mass is 35.5. The van der Waals surface area contributed by atoms with Gasteiger partial charge in [-0.25, -0.2) is 4.79 Å². The van der Waals surface area contributed by atoms with Crippen molar-refractivity contribution >= 4 is 52.4 Å². The summed E-state index contributed by atoms with van der Waals surface area (Å²) in [6.45, 7) is 4.07. The van der Waals surface area contributed by atoms with Gasteiger partial charge in [0.15, 0.2) is 0 Å². The van der Waals surface area contributed by atoms with E-state index in [0.717, 1.165) is 22.3 Å². The number of aliphatic carboxylic acids is 1. The molecule has 0 aromatic heterocycles. The van der Waals surface area contributed by atoms with Gasteiger partial charge in [0.1, 0.15) is 11.4 Å². The molecule has 1 unspecified atom stereocenters. The van der Waals surface area contributed by atoms with Gasteiger partial charge in [-0.3, -0.25) is 0 Å². The fourth-order valence-electron chi connectivity index (χ4n) is 4.74. The van der Waals surface area contributed by atoms with Crippen LogP contribution in [0.5, 0.6) is 5.75 Å². The highest BCUT2D eigenvalue weighted by molar-refractivity contribution is 6.36. The van der Waals surface area contributed by atoms with Gasteiger partial charge in [-0.15, -0.1) is 0 Å². The number of carbonyl (C=O) groups is 1. The van der Waals surface area contributed by atoms with Crippen molar-refractivity contribution in [3.63, 3.8) is 0 Å². The normalized spacial score (nSPS) is 12.0. The molecule has 5 aromatic rings. The predicted octanol–water partition coefficient (Wildman–Crippen LogP) is 10.6. The van der Waals surface area contributed by atoms with Crippen LogP contribution in [-0.4, -0.2) is 17.4 Å². The van der Waals surface area contributed by atoms with Crippen LogP contribution in [-0.2, 0) is 15.1 Å². The summed E-state index contributed by atoms with van der Waals surface area (Å²) >= 11 is 25.4. The summed E-state index contributed by atoms with van der Waals surface area (Å²) in [6.07, 6.45) is -0.121. The molecule has 0 saturated carbocycles. The monoisotopic (exact) mass is 648 g/mol. The third-order valence-electron chi connectivity index (χ3n) is 6.87. The molecule has 43 heavy (non-hydrogen) atoms. The maximum Gasteiger partial charge on any atom is 0.373 e. The molecule has 0 aliphatic heterocycles. The molecule has 8 heteroatoms. The number of hydrogen-bond donors (Lipinski definition) is 1. The predicted molar refractivity (Wildman–Crippen MR) is 174 cm³/mol. The minimum absolute atomic E-state index is 0.338. The van der Waals surface area contributed by atoms with Crippen molar-refractivity contribution < 1.29 is 19.4 Å². The Morgan fingerprint density at radius 3 is 1.58 bits per heavy atom. The largest absolute Gasteiger partial charge is 0.477 e. The first-order valence-electron chi connectivity index (χ1n) is 13.1. The van der Waals surface area contributed by atoms with Crippen LogP contribution in [0, 0.1) is 0 Å². The summed E-state index contributed by atoms with van der Waals surface area (Å²) in [5, 5.41) is 12.3. The Bertz CT molecular complexity index is 1660. The molecule has 1 N–H and O–H groups in total. The summed E-state index contributed by atoms with van der Waals surface area (Å²) in [4.78, 5) is 12.4. The number of hydrogen-bond acceptors (Lipinski definition) is 3. The zero-order valence-corrected chi connectivity index (χ0v) is 25.5. The third kappa shape index (κ3) is 6.75. The summed E-state index contributed by atoms with van der Waals surface area (Å²) in [6, 6.07) is 33.8. The molecule has 0 bridgehead atoms. The van der Waals surface area contributed by atoms with E-state index in [1.54, 1.807) is 72.8 Å². The molecule has 0 saturated heterocycles. The zero-order chi connectivity index (χ0) is 30.6. The molecule has 0 radical (unpaired) electrons. The van der Waals surface area contributed by atoms with E-state index in [1.807, 2.05) is 48.5 Å². The third-order valence-corrected chi connectivity index (χ3v) is 8.00. The maximum absolute atomic E-state index is 12.4. The van der Waals surface area contributed by atoms with E-state index in [2.05, 4.69) is 6.58 Å². The van der Waals surface area contributed by atoms with Gasteiger partial charge in [-0.1, -0.05) is 126 Å². The quantitative estimate of drug-likeness (QED) is 0.121. The number of benzene rings is 5. The van der Waals surface area contributed by atoms with Crippen LogP contribution in [0.25, 0.3) is 22.3 Å². The zero-order valence-electron chi connectivity index (χ0n) is 22.5.